The number of aryl methyl sites for hydroxylation is 3. The van der Waals surface area contributed by atoms with Crippen molar-refractivity contribution in [2.24, 2.45) is 0 Å². The zero-order valence-electron chi connectivity index (χ0n) is 26.3. The van der Waals surface area contributed by atoms with E-state index in [0.717, 1.165) is 32.1 Å². The molecule has 0 aliphatic carbocycles. The molecule has 45 heavy (non-hydrogen) atoms. The molecular weight excluding hydrogens is 606 g/mol. The molecule has 236 valence electrons. The summed E-state index contributed by atoms with van der Waals surface area (Å²) in [4.78, 5) is 29.8. The molecule has 2 amide bonds. The van der Waals surface area contributed by atoms with Gasteiger partial charge in [0.05, 0.1) is 10.6 Å². The number of benzene rings is 4. The van der Waals surface area contributed by atoms with Gasteiger partial charge in [0.1, 0.15) is 12.6 Å². The largest absolute Gasteiger partial charge is 0.352 e. The first-order valence-corrected chi connectivity index (χ1v) is 16.7. The Morgan fingerprint density at radius 1 is 0.800 bits per heavy atom. The molecule has 1 unspecified atom stereocenters. The highest BCUT2D eigenvalue weighted by Gasteiger charge is 2.35. The Morgan fingerprint density at radius 3 is 1.98 bits per heavy atom. The van der Waals surface area contributed by atoms with Gasteiger partial charge < -0.3 is 10.2 Å². The standard InChI is InChI=1S/C36H40ClN3O4S/c1-25(2)38-36(42)34(21-29-9-7-6-8-10-29)39(23-30-16-11-26(3)12-17-30)35(41)24-40(31-18-15-28(5)33(37)22-31)45(43,44)32-19-13-27(4)14-20-32/h6-20,22,25,34H,21,23-24H2,1-5H3,(H,38,42). The molecule has 1 N–H and O–H groups in total. The maximum Gasteiger partial charge on any atom is 0.264 e. The Hall–Kier alpha value is -4.14. The van der Waals surface area contributed by atoms with Crippen molar-refractivity contribution < 1.29 is 18.0 Å². The molecule has 0 aliphatic heterocycles. The minimum absolute atomic E-state index is 0.0427. The summed E-state index contributed by atoms with van der Waals surface area (Å²) in [6.45, 7) is 8.95. The van der Waals surface area contributed by atoms with Crippen molar-refractivity contribution >= 4 is 39.1 Å². The first kappa shape index (κ1) is 33.7. The second kappa shape index (κ2) is 14.8. The first-order chi connectivity index (χ1) is 21.3. The van der Waals surface area contributed by atoms with Crippen LogP contribution >= 0.6 is 11.6 Å². The summed E-state index contributed by atoms with van der Waals surface area (Å²) in [5.41, 5.74) is 4.67. The third-order valence-electron chi connectivity index (χ3n) is 7.51. The lowest BCUT2D eigenvalue weighted by molar-refractivity contribution is -0.140. The zero-order valence-corrected chi connectivity index (χ0v) is 27.9. The minimum atomic E-state index is -4.20. The van der Waals surface area contributed by atoms with Crippen LogP contribution in [0, 0.1) is 20.8 Å². The monoisotopic (exact) mass is 645 g/mol. The molecule has 7 nitrogen and oxygen atoms in total. The Kier molecular flexibility index (Phi) is 11.1. The van der Waals surface area contributed by atoms with Crippen molar-refractivity contribution in [2.75, 3.05) is 10.8 Å². The Labute approximate surface area is 271 Å². The van der Waals surface area contributed by atoms with Gasteiger partial charge in [-0.1, -0.05) is 95.5 Å². The fourth-order valence-electron chi connectivity index (χ4n) is 4.93. The van der Waals surface area contributed by atoms with E-state index in [0.29, 0.717) is 5.02 Å². The lowest BCUT2D eigenvalue weighted by Gasteiger charge is -2.34. The maximum atomic E-state index is 14.5. The third-order valence-corrected chi connectivity index (χ3v) is 9.70. The van der Waals surface area contributed by atoms with Crippen LogP contribution in [0.5, 0.6) is 0 Å². The molecule has 0 saturated carbocycles. The number of sulfonamides is 1. The number of carbonyl (C=O) groups is 2. The number of nitrogens with one attached hydrogen (secondary N) is 1. The van der Waals surface area contributed by atoms with Crippen LogP contribution in [0.3, 0.4) is 0 Å². The predicted octanol–water partition coefficient (Wildman–Crippen LogP) is 6.63. The molecule has 0 aliphatic rings. The van der Waals surface area contributed by atoms with E-state index in [9.17, 15) is 18.0 Å². The number of amides is 2. The van der Waals surface area contributed by atoms with E-state index in [1.165, 1.54) is 17.0 Å². The van der Waals surface area contributed by atoms with Crippen LogP contribution in [-0.2, 0) is 32.6 Å². The smallest absolute Gasteiger partial charge is 0.264 e. The average Bonchev–Trinajstić information content (AvgIpc) is 3.00. The lowest BCUT2D eigenvalue weighted by Crippen LogP contribution is -2.54. The van der Waals surface area contributed by atoms with Gasteiger partial charge in [-0.2, -0.15) is 0 Å². The quantitative estimate of drug-likeness (QED) is 0.188. The van der Waals surface area contributed by atoms with Crippen LogP contribution in [0.4, 0.5) is 5.69 Å². The fraction of sp³-hybridized carbons (Fsp3) is 0.278. The van der Waals surface area contributed by atoms with E-state index < -0.39 is 28.5 Å². The van der Waals surface area contributed by atoms with E-state index in [1.807, 2.05) is 89.2 Å². The second-order valence-electron chi connectivity index (χ2n) is 11.6. The van der Waals surface area contributed by atoms with Crippen LogP contribution in [0.15, 0.2) is 102 Å². The van der Waals surface area contributed by atoms with E-state index >= 15 is 0 Å². The van der Waals surface area contributed by atoms with Gasteiger partial charge >= 0.3 is 0 Å². The van der Waals surface area contributed by atoms with Crippen molar-refractivity contribution in [3.05, 3.63) is 130 Å². The summed E-state index contributed by atoms with van der Waals surface area (Å²) in [6, 6.07) is 27.5. The molecule has 0 aromatic heterocycles. The number of anilines is 1. The molecule has 1 atom stereocenters. The fourth-order valence-corrected chi connectivity index (χ4v) is 6.51. The van der Waals surface area contributed by atoms with Gasteiger partial charge in [-0.15, -0.1) is 0 Å². The first-order valence-electron chi connectivity index (χ1n) is 14.9. The summed E-state index contributed by atoms with van der Waals surface area (Å²) in [6.07, 6.45) is 0.248. The van der Waals surface area contributed by atoms with E-state index in [1.54, 1.807) is 30.3 Å². The van der Waals surface area contributed by atoms with Gasteiger partial charge in [-0.05, 0) is 75.6 Å². The molecular formula is C36H40ClN3O4S. The summed E-state index contributed by atoms with van der Waals surface area (Å²) in [7, 11) is -4.20. The number of hydrogen-bond donors (Lipinski definition) is 1. The zero-order chi connectivity index (χ0) is 32.7. The predicted molar refractivity (Wildman–Crippen MR) is 181 cm³/mol. The SMILES string of the molecule is Cc1ccc(CN(C(=O)CN(c2ccc(C)c(Cl)c2)S(=O)(=O)c2ccc(C)cc2)C(Cc2ccccc2)C(=O)NC(C)C)cc1. The highest BCUT2D eigenvalue weighted by molar-refractivity contribution is 7.92. The summed E-state index contributed by atoms with van der Waals surface area (Å²) in [5, 5.41) is 3.35. The molecule has 4 aromatic rings. The number of rotatable bonds is 12. The van der Waals surface area contributed by atoms with Crippen molar-refractivity contribution in [3.8, 4) is 0 Å². The molecule has 4 rings (SSSR count). The molecule has 0 saturated heterocycles. The van der Waals surface area contributed by atoms with Crippen LogP contribution in [0.25, 0.3) is 0 Å². The Bertz CT molecular complexity index is 1720. The summed E-state index contributed by atoms with van der Waals surface area (Å²) < 4.78 is 29.4. The van der Waals surface area contributed by atoms with Crippen LogP contribution in [-0.4, -0.2) is 43.8 Å². The van der Waals surface area contributed by atoms with Crippen LogP contribution in [0.1, 0.15) is 41.7 Å². The van der Waals surface area contributed by atoms with Crippen molar-refractivity contribution in [3.63, 3.8) is 0 Å². The lowest BCUT2D eigenvalue weighted by atomic mass is 10.0. The molecule has 0 bridgehead atoms. The number of nitrogens with zero attached hydrogens (tertiary/aromatic N) is 2. The van der Waals surface area contributed by atoms with Gasteiger partial charge in [0.15, 0.2) is 0 Å². The molecule has 0 heterocycles. The average molecular weight is 646 g/mol. The van der Waals surface area contributed by atoms with E-state index in [-0.39, 0.29) is 35.5 Å². The van der Waals surface area contributed by atoms with Crippen LogP contribution < -0.4 is 9.62 Å². The van der Waals surface area contributed by atoms with Crippen molar-refractivity contribution in [1.29, 1.82) is 0 Å². The minimum Gasteiger partial charge on any atom is -0.352 e. The normalized spacial score (nSPS) is 12.1. The van der Waals surface area contributed by atoms with Crippen LogP contribution in [0.2, 0.25) is 5.02 Å². The maximum absolute atomic E-state index is 14.5. The number of halogens is 1. The number of carbonyl (C=O) groups excluding carboxylic acids is 2. The Morgan fingerprint density at radius 2 is 1.40 bits per heavy atom. The number of hydrogen-bond acceptors (Lipinski definition) is 4. The molecule has 9 heteroatoms. The highest BCUT2D eigenvalue weighted by Crippen LogP contribution is 2.29. The molecule has 0 fully saturated rings. The van der Waals surface area contributed by atoms with Gasteiger partial charge in [-0.25, -0.2) is 8.42 Å². The van der Waals surface area contributed by atoms with E-state index in [2.05, 4.69) is 5.32 Å². The van der Waals surface area contributed by atoms with Gasteiger partial charge in [-0.3, -0.25) is 13.9 Å². The highest BCUT2D eigenvalue weighted by atomic mass is 35.5. The summed E-state index contributed by atoms with van der Waals surface area (Å²) >= 11 is 6.45. The summed E-state index contributed by atoms with van der Waals surface area (Å²) in [5.74, 6) is -0.844. The Balaban J connectivity index is 1.82. The van der Waals surface area contributed by atoms with Gasteiger partial charge in [0.2, 0.25) is 11.8 Å². The second-order valence-corrected chi connectivity index (χ2v) is 13.9. The van der Waals surface area contributed by atoms with E-state index in [4.69, 9.17) is 11.6 Å². The topological polar surface area (TPSA) is 86.8 Å². The molecule has 4 aromatic carbocycles. The van der Waals surface area contributed by atoms with Crippen molar-refractivity contribution in [1.82, 2.24) is 10.2 Å². The molecule has 0 radical (unpaired) electrons. The van der Waals surface area contributed by atoms with Gasteiger partial charge in [0.25, 0.3) is 10.0 Å². The van der Waals surface area contributed by atoms with Crippen molar-refractivity contribution in [2.45, 2.75) is 64.6 Å². The third kappa shape index (κ3) is 8.74. The molecule has 0 spiro atoms. The van der Waals surface area contributed by atoms with Gasteiger partial charge in [0, 0.05) is 24.0 Å².